The Balaban J connectivity index is 2.17. The fraction of sp³-hybridized carbons (Fsp3) is 0.647. The van der Waals surface area contributed by atoms with Crippen LogP contribution >= 0.6 is 0 Å². The summed E-state index contributed by atoms with van der Waals surface area (Å²) in [5, 5.41) is 10.1. The molecule has 0 spiro atoms. The summed E-state index contributed by atoms with van der Waals surface area (Å²) in [5.74, 6) is 0.554. The Kier molecular flexibility index (Phi) is 4.11. The summed E-state index contributed by atoms with van der Waals surface area (Å²) in [5.41, 5.74) is 2.98. The number of aliphatic hydroxyl groups is 1. The second kappa shape index (κ2) is 5.44. The molecule has 2 unspecified atom stereocenters. The molecule has 0 heterocycles. The minimum absolute atomic E-state index is 0.104. The molecule has 1 N–H and O–H groups in total. The zero-order valence-electron chi connectivity index (χ0n) is 11.9. The van der Waals surface area contributed by atoms with E-state index in [0.717, 1.165) is 19.3 Å². The lowest BCUT2D eigenvalue weighted by Crippen LogP contribution is -2.50. The maximum atomic E-state index is 10.1. The van der Waals surface area contributed by atoms with Gasteiger partial charge in [0.2, 0.25) is 0 Å². The fourth-order valence-corrected chi connectivity index (χ4v) is 3.65. The molecule has 1 nitrogen and oxygen atoms in total. The molecule has 0 aliphatic heterocycles. The Morgan fingerprint density at radius 1 is 1.11 bits per heavy atom. The van der Waals surface area contributed by atoms with E-state index in [0.29, 0.717) is 5.92 Å². The van der Waals surface area contributed by atoms with Crippen molar-refractivity contribution in [2.24, 2.45) is 5.41 Å². The molecule has 1 aliphatic carbocycles. The van der Waals surface area contributed by atoms with Gasteiger partial charge < -0.3 is 5.11 Å². The molecule has 2 atom stereocenters. The first kappa shape index (κ1) is 13.6. The monoisotopic (exact) mass is 246 g/mol. The normalized spacial score (nSPS) is 25.8. The van der Waals surface area contributed by atoms with Gasteiger partial charge in [-0.25, -0.2) is 0 Å². The number of aryl methyl sites for hydroxylation is 1. The van der Waals surface area contributed by atoms with Crippen molar-refractivity contribution in [2.45, 2.75) is 64.9 Å². The number of aliphatic hydroxyl groups excluding tert-OH is 1. The van der Waals surface area contributed by atoms with Crippen LogP contribution in [0, 0.1) is 5.41 Å². The van der Waals surface area contributed by atoms with Crippen LogP contribution in [0.3, 0.4) is 0 Å². The Labute approximate surface area is 111 Å². The summed E-state index contributed by atoms with van der Waals surface area (Å²) in [6.07, 6.45) is 5.36. The second-order valence-electron chi connectivity index (χ2n) is 5.74. The summed E-state index contributed by atoms with van der Waals surface area (Å²) in [7, 11) is 0. The molecular formula is C17H26O. The van der Waals surface area contributed by atoms with Gasteiger partial charge in [0.05, 0.1) is 6.10 Å². The van der Waals surface area contributed by atoms with Crippen molar-refractivity contribution in [3.63, 3.8) is 0 Å². The van der Waals surface area contributed by atoms with Gasteiger partial charge in [-0.15, -0.1) is 0 Å². The van der Waals surface area contributed by atoms with Crippen molar-refractivity contribution < 1.29 is 5.11 Å². The van der Waals surface area contributed by atoms with Crippen LogP contribution in [-0.4, -0.2) is 11.2 Å². The molecular weight excluding hydrogens is 220 g/mol. The Hall–Kier alpha value is -0.820. The Morgan fingerprint density at radius 3 is 2.17 bits per heavy atom. The largest absolute Gasteiger partial charge is 0.393 e. The fourth-order valence-electron chi connectivity index (χ4n) is 3.65. The average Bonchev–Trinajstić information content (AvgIpc) is 2.39. The van der Waals surface area contributed by atoms with Gasteiger partial charge in [0.25, 0.3) is 0 Å². The van der Waals surface area contributed by atoms with E-state index in [4.69, 9.17) is 0 Å². The lowest BCUT2D eigenvalue weighted by Gasteiger charge is -2.54. The summed E-state index contributed by atoms with van der Waals surface area (Å²) in [4.78, 5) is 0. The predicted molar refractivity (Wildman–Crippen MR) is 76.8 cm³/mol. The minimum atomic E-state index is -0.104. The summed E-state index contributed by atoms with van der Waals surface area (Å²) in [6, 6.07) is 9.09. The van der Waals surface area contributed by atoms with Gasteiger partial charge in [0, 0.05) is 5.41 Å². The van der Waals surface area contributed by atoms with E-state index in [1.165, 1.54) is 24.0 Å². The van der Waals surface area contributed by atoms with Crippen LogP contribution in [0.25, 0.3) is 0 Å². The van der Waals surface area contributed by atoms with Crippen molar-refractivity contribution in [3.8, 4) is 0 Å². The first-order chi connectivity index (χ1) is 8.67. The Morgan fingerprint density at radius 2 is 1.72 bits per heavy atom. The van der Waals surface area contributed by atoms with Gasteiger partial charge in [0.15, 0.2) is 0 Å². The topological polar surface area (TPSA) is 20.2 Å². The van der Waals surface area contributed by atoms with E-state index in [9.17, 15) is 5.11 Å². The second-order valence-corrected chi connectivity index (χ2v) is 5.74. The highest BCUT2D eigenvalue weighted by Crippen LogP contribution is 2.57. The maximum Gasteiger partial charge on any atom is 0.0608 e. The van der Waals surface area contributed by atoms with Crippen LogP contribution in [0.1, 0.15) is 63.5 Å². The molecule has 0 saturated heterocycles. The van der Waals surface area contributed by atoms with Crippen LogP contribution in [0.4, 0.5) is 0 Å². The Bertz CT molecular complexity index is 375. The first-order valence-electron chi connectivity index (χ1n) is 7.44. The third-order valence-electron chi connectivity index (χ3n) is 5.05. The van der Waals surface area contributed by atoms with Gasteiger partial charge in [-0.3, -0.25) is 0 Å². The average molecular weight is 246 g/mol. The highest BCUT2D eigenvalue weighted by atomic mass is 16.3. The van der Waals surface area contributed by atoms with Crippen molar-refractivity contribution in [3.05, 3.63) is 35.4 Å². The zero-order valence-corrected chi connectivity index (χ0v) is 11.9. The van der Waals surface area contributed by atoms with Crippen molar-refractivity contribution >= 4 is 0 Å². The number of hydrogen-bond donors (Lipinski definition) is 1. The van der Waals surface area contributed by atoms with Crippen LogP contribution in [0.5, 0.6) is 0 Å². The van der Waals surface area contributed by atoms with Gasteiger partial charge in [-0.05, 0) is 42.7 Å². The highest BCUT2D eigenvalue weighted by Gasteiger charge is 2.52. The standard InChI is InChI=1S/C17H26O/c1-4-7-13-8-10-14(11-9-13)15-12-16(18)17(15,5-2)6-3/h8-11,15-16,18H,4-7,12H2,1-3H3. The molecule has 1 aromatic carbocycles. The lowest BCUT2D eigenvalue weighted by molar-refractivity contribution is -0.0932. The molecule has 0 radical (unpaired) electrons. The highest BCUT2D eigenvalue weighted by molar-refractivity contribution is 5.30. The summed E-state index contributed by atoms with van der Waals surface area (Å²) >= 11 is 0. The molecule has 18 heavy (non-hydrogen) atoms. The maximum absolute atomic E-state index is 10.1. The van der Waals surface area contributed by atoms with E-state index in [-0.39, 0.29) is 11.5 Å². The first-order valence-corrected chi connectivity index (χ1v) is 7.44. The van der Waals surface area contributed by atoms with E-state index in [2.05, 4.69) is 45.0 Å². The minimum Gasteiger partial charge on any atom is -0.393 e. The molecule has 0 bridgehead atoms. The van der Waals surface area contributed by atoms with Crippen molar-refractivity contribution in [1.82, 2.24) is 0 Å². The van der Waals surface area contributed by atoms with Gasteiger partial charge in [0.1, 0.15) is 0 Å². The van der Waals surface area contributed by atoms with Crippen molar-refractivity contribution in [1.29, 1.82) is 0 Å². The summed E-state index contributed by atoms with van der Waals surface area (Å²) < 4.78 is 0. The molecule has 1 aliphatic rings. The SMILES string of the molecule is CCCc1ccc(C2CC(O)C2(CC)CC)cc1. The molecule has 0 amide bonds. The van der Waals surface area contributed by atoms with E-state index >= 15 is 0 Å². The number of rotatable bonds is 5. The molecule has 0 aromatic heterocycles. The molecule has 100 valence electrons. The quantitative estimate of drug-likeness (QED) is 0.821. The molecule has 1 fully saturated rings. The van der Waals surface area contributed by atoms with Gasteiger partial charge in [-0.2, -0.15) is 0 Å². The number of benzene rings is 1. The van der Waals surface area contributed by atoms with Crippen LogP contribution in [0.15, 0.2) is 24.3 Å². The van der Waals surface area contributed by atoms with Gasteiger partial charge in [-0.1, -0.05) is 51.5 Å². The van der Waals surface area contributed by atoms with E-state index in [1.54, 1.807) is 0 Å². The van der Waals surface area contributed by atoms with Crippen LogP contribution < -0.4 is 0 Å². The van der Waals surface area contributed by atoms with Crippen LogP contribution in [0.2, 0.25) is 0 Å². The van der Waals surface area contributed by atoms with E-state index < -0.39 is 0 Å². The molecule has 2 rings (SSSR count). The lowest BCUT2D eigenvalue weighted by atomic mass is 9.53. The molecule has 1 heteroatoms. The van der Waals surface area contributed by atoms with Gasteiger partial charge >= 0.3 is 0 Å². The zero-order chi connectivity index (χ0) is 13.2. The number of hydrogen-bond acceptors (Lipinski definition) is 1. The third kappa shape index (κ3) is 2.09. The molecule has 1 aromatic rings. The summed E-state index contributed by atoms with van der Waals surface area (Å²) in [6.45, 7) is 6.64. The molecule has 1 saturated carbocycles. The smallest absolute Gasteiger partial charge is 0.0608 e. The third-order valence-corrected chi connectivity index (χ3v) is 5.05. The van der Waals surface area contributed by atoms with Crippen molar-refractivity contribution in [2.75, 3.05) is 0 Å². The van der Waals surface area contributed by atoms with Crippen LogP contribution in [-0.2, 0) is 6.42 Å². The van der Waals surface area contributed by atoms with E-state index in [1.807, 2.05) is 0 Å². The predicted octanol–water partition coefficient (Wildman–Crippen LogP) is 4.29.